The van der Waals surface area contributed by atoms with E-state index in [0.717, 1.165) is 18.2 Å². The number of aromatic hydroxyl groups is 1. The molecule has 0 atom stereocenters. The van der Waals surface area contributed by atoms with E-state index in [9.17, 15) is 14.3 Å². The molecule has 20 heavy (non-hydrogen) atoms. The Morgan fingerprint density at radius 1 is 1.30 bits per heavy atom. The zero-order chi connectivity index (χ0) is 14.5. The number of phenolic OH excluding ortho intramolecular Hbond substituents is 1. The standard InChI is InChI=1S/C15H14FNO3/c1-2-20-12-5-3-4-11(9-12)17-15(19)13-8-10(16)6-7-14(13)18/h3-9,18H,2H2,1H3,(H,17,19). The van der Waals surface area contributed by atoms with E-state index in [2.05, 4.69) is 5.32 Å². The van der Waals surface area contributed by atoms with Crippen molar-refractivity contribution in [2.75, 3.05) is 11.9 Å². The molecule has 2 rings (SSSR count). The number of ether oxygens (including phenoxy) is 1. The molecule has 0 unspecified atom stereocenters. The minimum absolute atomic E-state index is 0.119. The molecule has 0 aliphatic carbocycles. The fraction of sp³-hybridized carbons (Fsp3) is 0.133. The van der Waals surface area contributed by atoms with Crippen molar-refractivity contribution in [1.82, 2.24) is 0 Å². The van der Waals surface area contributed by atoms with Gasteiger partial charge in [0.15, 0.2) is 0 Å². The third kappa shape index (κ3) is 3.26. The first-order chi connectivity index (χ1) is 9.60. The van der Waals surface area contributed by atoms with E-state index in [-0.39, 0.29) is 11.3 Å². The summed E-state index contributed by atoms with van der Waals surface area (Å²) in [6.45, 7) is 2.37. The monoisotopic (exact) mass is 275 g/mol. The molecule has 0 saturated heterocycles. The summed E-state index contributed by atoms with van der Waals surface area (Å²) in [4.78, 5) is 12.0. The van der Waals surface area contributed by atoms with Crippen LogP contribution in [0.5, 0.6) is 11.5 Å². The maximum absolute atomic E-state index is 13.1. The van der Waals surface area contributed by atoms with Gasteiger partial charge in [0.1, 0.15) is 17.3 Å². The lowest BCUT2D eigenvalue weighted by Crippen LogP contribution is -2.12. The summed E-state index contributed by atoms with van der Waals surface area (Å²) in [6, 6.07) is 10.0. The number of amides is 1. The third-order valence-corrected chi connectivity index (χ3v) is 2.61. The molecule has 0 fully saturated rings. The van der Waals surface area contributed by atoms with Crippen LogP contribution in [0.15, 0.2) is 42.5 Å². The van der Waals surface area contributed by atoms with Gasteiger partial charge in [-0.1, -0.05) is 6.07 Å². The van der Waals surface area contributed by atoms with E-state index in [1.54, 1.807) is 24.3 Å². The highest BCUT2D eigenvalue weighted by Crippen LogP contribution is 2.21. The summed E-state index contributed by atoms with van der Waals surface area (Å²) in [5, 5.41) is 12.1. The second-order valence-corrected chi connectivity index (χ2v) is 4.08. The second-order valence-electron chi connectivity index (χ2n) is 4.08. The number of carbonyl (C=O) groups excluding carboxylic acids is 1. The van der Waals surface area contributed by atoms with Gasteiger partial charge < -0.3 is 15.2 Å². The van der Waals surface area contributed by atoms with Crippen LogP contribution in [0.2, 0.25) is 0 Å². The summed E-state index contributed by atoms with van der Waals surface area (Å²) in [5.74, 6) is -0.828. The molecule has 2 aromatic rings. The fourth-order valence-corrected chi connectivity index (χ4v) is 1.72. The average molecular weight is 275 g/mol. The van der Waals surface area contributed by atoms with Gasteiger partial charge in [-0.25, -0.2) is 4.39 Å². The van der Waals surface area contributed by atoms with Crippen molar-refractivity contribution >= 4 is 11.6 Å². The lowest BCUT2D eigenvalue weighted by atomic mass is 10.1. The van der Waals surface area contributed by atoms with E-state index in [4.69, 9.17) is 4.74 Å². The number of nitrogens with one attached hydrogen (secondary N) is 1. The van der Waals surface area contributed by atoms with Crippen LogP contribution in [0.25, 0.3) is 0 Å². The second kappa shape index (κ2) is 6.06. The molecule has 1 amide bonds. The molecule has 0 radical (unpaired) electrons. The van der Waals surface area contributed by atoms with Crippen LogP contribution < -0.4 is 10.1 Å². The molecule has 2 N–H and O–H groups in total. The highest BCUT2D eigenvalue weighted by Gasteiger charge is 2.12. The largest absolute Gasteiger partial charge is 0.507 e. The Bertz CT molecular complexity index is 628. The lowest BCUT2D eigenvalue weighted by Gasteiger charge is -2.09. The van der Waals surface area contributed by atoms with Crippen molar-refractivity contribution in [3.05, 3.63) is 53.8 Å². The van der Waals surface area contributed by atoms with Crippen molar-refractivity contribution in [3.8, 4) is 11.5 Å². The predicted molar refractivity (Wildman–Crippen MR) is 73.6 cm³/mol. The van der Waals surface area contributed by atoms with Crippen LogP contribution in [0.3, 0.4) is 0 Å². The van der Waals surface area contributed by atoms with Gasteiger partial charge in [-0.05, 0) is 37.3 Å². The molecular formula is C15H14FNO3. The normalized spacial score (nSPS) is 10.1. The van der Waals surface area contributed by atoms with Gasteiger partial charge >= 0.3 is 0 Å². The predicted octanol–water partition coefficient (Wildman–Crippen LogP) is 3.18. The van der Waals surface area contributed by atoms with Crippen LogP contribution in [0.4, 0.5) is 10.1 Å². The van der Waals surface area contributed by atoms with Crippen molar-refractivity contribution in [2.24, 2.45) is 0 Å². The molecule has 4 nitrogen and oxygen atoms in total. The van der Waals surface area contributed by atoms with Gasteiger partial charge in [0.05, 0.1) is 12.2 Å². The van der Waals surface area contributed by atoms with Crippen LogP contribution in [-0.2, 0) is 0 Å². The van der Waals surface area contributed by atoms with Gasteiger partial charge in [0.25, 0.3) is 5.91 Å². The van der Waals surface area contributed by atoms with Gasteiger partial charge in [-0.2, -0.15) is 0 Å². The number of carbonyl (C=O) groups is 1. The zero-order valence-electron chi connectivity index (χ0n) is 10.9. The van der Waals surface area contributed by atoms with E-state index in [1.165, 1.54) is 0 Å². The summed E-state index contributed by atoms with van der Waals surface area (Å²) in [5.41, 5.74) is 0.386. The number of hydrogen-bond donors (Lipinski definition) is 2. The van der Waals surface area contributed by atoms with Gasteiger partial charge in [0, 0.05) is 11.8 Å². The number of phenols is 1. The first-order valence-corrected chi connectivity index (χ1v) is 6.13. The molecule has 0 saturated carbocycles. The molecule has 0 heterocycles. The van der Waals surface area contributed by atoms with Crippen molar-refractivity contribution in [3.63, 3.8) is 0 Å². The van der Waals surface area contributed by atoms with E-state index in [1.807, 2.05) is 6.92 Å². The third-order valence-electron chi connectivity index (χ3n) is 2.61. The van der Waals surface area contributed by atoms with E-state index in [0.29, 0.717) is 18.0 Å². The molecule has 0 aromatic heterocycles. The first-order valence-electron chi connectivity index (χ1n) is 6.13. The lowest BCUT2D eigenvalue weighted by molar-refractivity contribution is 0.102. The zero-order valence-corrected chi connectivity index (χ0v) is 10.9. The van der Waals surface area contributed by atoms with Crippen LogP contribution >= 0.6 is 0 Å². The topological polar surface area (TPSA) is 58.6 Å². The summed E-state index contributed by atoms with van der Waals surface area (Å²) in [6.07, 6.45) is 0. The minimum Gasteiger partial charge on any atom is -0.507 e. The van der Waals surface area contributed by atoms with Crippen LogP contribution in [0, 0.1) is 5.82 Å². The average Bonchev–Trinajstić information content (AvgIpc) is 2.42. The number of halogens is 1. The fourth-order valence-electron chi connectivity index (χ4n) is 1.72. The molecule has 0 aliphatic rings. The maximum atomic E-state index is 13.1. The first kappa shape index (κ1) is 13.9. The van der Waals surface area contributed by atoms with Gasteiger partial charge in [-0.3, -0.25) is 4.79 Å². The molecule has 104 valence electrons. The summed E-state index contributed by atoms with van der Waals surface area (Å²) >= 11 is 0. The number of benzene rings is 2. The van der Waals surface area contributed by atoms with Gasteiger partial charge in [0.2, 0.25) is 0 Å². The SMILES string of the molecule is CCOc1cccc(NC(=O)c2cc(F)ccc2O)c1. The van der Waals surface area contributed by atoms with E-state index >= 15 is 0 Å². The van der Waals surface area contributed by atoms with Gasteiger partial charge in [-0.15, -0.1) is 0 Å². The molecule has 0 aliphatic heterocycles. The molecular weight excluding hydrogens is 261 g/mol. The Hall–Kier alpha value is -2.56. The smallest absolute Gasteiger partial charge is 0.259 e. The minimum atomic E-state index is -0.587. The Labute approximate surface area is 115 Å². The van der Waals surface area contributed by atoms with Crippen molar-refractivity contribution in [2.45, 2.75) is 6.92 Å². The Morgan fingerprint density at radius 2 is 2.10 bits per heavy atom. The van der Waals surface area contributed by atoms with E-state index < -0.39 is 11.7 Å². The number of rotatable bonds is 4. The Kier molecular flexibility index (Phi) is 4.20. The maximum Gasteiger partial charge on any atom is 0.259 e. The van der Waals surface area contributed by atoms with Crippen LogP contribution in [0.1, 0.15) is 17.3 Å². The summed E-state index contributed by atoms with van der Waals surface area (Å²) in [7, 11) is 0. The van der Waals surface area contributed by atoms with Crippen LogP contribution in [-0.4, -0.2) is 17.6 Å². The highest BCUT2D eigenvalue weighted by atomic mass is 19.1. The molecule has 2 aromatic carbocycles. The molecule has 0 bridgehead atoms. The number of hydrogen-bond acceptors (Lipinski definition) is 3. The number of anilines is 1. The quantitative estimate of drug-likeness (QED) is 0.901. The Balaban J connectivity index is 2.19. The van der Waals surface area contributed by atoms with Crippen molar-refractivity contribution in [1.29, 1.82) is 0 Å². The molecule has 0 spiro atoms. The summed E-state index contributed by atoms with van der Waals surface area (Å²) < 4.78 is 18.4. The highest BCUT2D eigenvalue weighted by molar-refractivity contribution is 6.06. The van der Waals surface area contributed by atoms with Crippen molar-refractivity contribution < 1.29 is 19.0 Å². The molecule has 5 heteroatoms. The Morgan fingerprint density at radius 3 is 2.85 bits per heavy atom.